The molecule has 3 heterocycles. The number of sulfone groups is 1. The van der Waals surface area contributed by atoms with Gasteiger partial charge in [-0.3, -0.25) is 4.79 Å². The molecular formula is C22H21N3O6S2. The summed E-state index contributed by atoms with van der Waals surface area (Å²) in [6, 6.07) is 14.5. The number of hydrogen-bond donors (Lipinski definition) is 0. The van der Waals surface area contributed by atoms with Crippen molar-refractivity contribution in [2.24, 2.45) is 0 Å². The topological polar surface area (TPSA) is 112 Å². The Morgan fingerprint density at radius 2 is 1.91 bits per heavy atom. The van der Waals surface area contributed by atoms with Gasteiger partial charge in [-0.2, -0.15) is 0 Å². The molecule has 0 radical (unpaired) electrons. The van der Waals surface area contributed by atoms with Crippen molar-refractivity contribution in [3.63, 3.8) is 0 Å². The van der Waals surface area contributed by atoms with E-state index in [0.29, 0.717) is 35.9 Å². The number of carbonyl (C=O) groups is 1. The van der Waals surface area contributed by atoms with Crippen molar-refractivity contribution in [1.82, 2.24) is 15.1 Å². The van der Waals surface area contributed by atoms with Crippen molar-refractivity contribution >= 4 is 27.5 Å². The Balaban J connectivity index is 1.27. The molecule has 3 aromatic rings. The molecule has 2 aliphatic heterocycles. The molecule has 1 fully saturated rings. The zero-order chi connectivity index (χ0) is 22.8. The van der Waals surface area contributed by atoms with Crippen molar-refractivity contribution in [2.75, 3.05) is 24.1 Å². The Morgan fingerprint density at radius 3 is 2.70 bits per heavy atom. The lowest BCUT2D eigenvalue weighted by Crippen LogP contribution is -2.41. The quantitative estimate of drug-likeness (QED) is 0.464. The number of carbonyl (C=O) groups excluding carboxylic acids is 1. The van der Waals surface area contributed by atoms with E-state index >= 15 is 0 Å². The molecule has 0 saturated carbocycles. The van der Waals surface area contributed by atoms with Gasteiger partial charge in [0, 0.05) is 18.2 Å². The summed E-state index contributed by atoms with van der Waals surface area (Å²) >= 11 is 1.13. The first-order valence-electron chi connectivity index (χ1n) is 10.4. The Labute approximate surface area is 195 Å². The van der Waals surface area contributed by atoms with E-state index < -0.39 is 9.84 Å². The highest BCUT2D eigenvalue weighted by atomic mass is 32.2. The van der Waals surface area contributed by atoms with Crippen LogP contribution < -0.4 is 9.47 Å². The number of rotatable bonds is 7. The second-order valence-electron chi connectivity index (χ2n) is 7.79. The van der Waals surface area contributed by atoms with Crippen molar-refractivity contribution in [3.05, 3.63) is 54.1 Å². The number of amides is 1. The summed E-state index contributed by atoms with van der Waals surface area (Å²) in [5, 5.41) is 8.35. The average molecular weight is 488 g/mol. The predicted molar refractivity (Wildman–Crippen MR) is 121 cm³/mol. The van der Waals surface area contributed by atoms with Crippen molar-refractivity contribution in [1.29, 1.82) is 0 Å². The van der Waals surface area contributed by atoms with Crippen LogP contribution in [-0.2, 0) is 21.2 Å². The largest absolute Gasteiger partial charge is 0.454 e. The Morgan fingerprint density at radius 1 is 1.09 bits per heavy atom. The third-order valence-electron chi connectivity index (χ3n) is 5.51. The van der Waals surface area contributed by atoms with Crippen LogP contribution in [0.15, 0.2) is 58.2 Å². The zero-order valence-corrected chi connectivity index (χ0v) is 19.2. The standard InChI is InChI=1S/C22H21N3O6S2/c26-20(25(11-15-4-2-1-3-5-15)17-8-9-33(27,28)13-17)12-32-22-24-23-21(31-22)16-6-7-18-19(10-16)30-14-29-18/h1-7,10,17H,8-9,11-14H2. The normalized spacial score (nSPS) is 18.4. The van der Waals surface area contributed by atoms with Gasteiger partial charge >= 0.3 is 0 Å². The van der Waals surface area contributed by atoms with Crippen LogP contribution in [0.5, 0.6) is 11.5 Å². The smallest absolute Gasteiger partial charge is 0.277 e. The number of benzene rings is 2. The molecule has 9 nitrogen and oxygen atoms in total. The fourth-order valence-electron chi connectivity index (χ4n) is 3.84. The van der Waals surface area contributed by atoms with Gasteiger partial charge in [0.25, 0.3) is 5.22 Å². The third-order valence-corrected chi connectivity index (χ3v) is 8.06. The number of thioether (sulfide) groups is 1. The van der Waals surface area contributed by atoms with Crippen LogP contribution in [0.3, 0.4) is 0 Å². The van der Waals surface area contributed by atoms with Crippen LogP contribution in [0.1, 0.15) is 12.0 Å². The average Bonchev–Trinajstić information content (AvgIpc) is 3.55. The highest BCUT2D eigenvalue weighted by molar-refractivity contribution is 7.99. The maximum atomic E-state index is 13.1. The molecule has 1 saturated heterocycles. The lowest BCUT2D eigenvalue weighted by atomic mass is 10.1. The van der Waals surface area contributed by atoms with E-state index in [4.69, 9.17) is 13.9 Å². The van der Waals surface area contributed by atoms with Gasteiger partial charge in [0.05, 0.1) is 17.3 Å². The van der Waals surface area contributed by atoms with Crippen LogP contribution in [0.25, 0.3) is 11.5 Å². The Hall–Kier alpha value is -3.05. The first-order valence-corrected chi connectivity index (χ1v) is 13.2. The van der Waals surface area contributed by atoms with Crippen LogP contribution in [-0.4, -0.2) is 59.5 Å². The van der Waals surface area contributed by atoms with E-state index in [1.807, 2.05) is 30.3 Å². The minimum absolute atomic E-state index is 0.00887. The monoisotopic (exact) mass is 487 g/mol. The summed E-state index contributed by atoms with van der Waals surface area (Å²) in [6.45, 7) is 0.528. The number of fused-ring (bicyclic) bond motifs is 1. The van der Waals surface area contributed by atoms with Crippen LogP contribution in [0, 0.1) is 0 Å². The van der Waals surface area contributed by atoms with E-state index in [9.17, 15) is 13.2 Å². The maximum absolute atomic E-state index is 13.1. The second-order valence-corrected chi connectivity index (χ2v) is 10.9. The van der Waals surface area contributed by atoms with Gasteiger partial charge in [0.2, 0.25) is 18.6 Å². The first kappa shape index (κ1) is 21.8. The van der Waals surface area contributed by atoms with Gasteiger partial charge in [-0.25, -0.2) is 8.42 Å². The van der Waals surface area contributed by atoms with Crippen LogP contribution in [0.4, 0.5) is 0 Å². The predicted octanol–water partition coefficient (Wildman–Crippen LogP) is 2.77. The van der Waals surface area contributed by atoms with E-state index in [0.717, 1.165) is 17.3 Å². The Bertz CT molecular complexity index is 1260. The highest BCUT2D eigenvalue weighted by Gasteiger charge is 2.34. The molecule has 11 heteroatoms. The molecule has 0 bridgehead atoms. The lowest BCUT2D eigenvalue weighted by molar-refractivity contribution is -0.130. The Kier molecular flexibility index (Phi) is 5.98. The second kappa shape index (κ2) is 9.06. The summed E-state index contributed by atoms with van der Waals surface area (Å²) in [4.78, 5) is 14.8. The van der Waals surface area contributed by atoms with Gasteiger partial charge < -0.3 is 18.8 Å². The number of hydrogen-bond acceptors (Lipinski definition) is 9. The fourth-order valence-corrected chi connectivity index (χ4v) is 6.22. The van der Waals surface area contributed by atoms with Gasteiger partial charge in [-0.1, -0.05) is 42.1 Å². The molecule has 1 aromatic heterocycles. The first-order chi connectivity index (χ1) is 16.0. The molecule has 5 rings (SSSR count). The molecule has 172 valence electrons. The molecule has 2 aliphatic rings. The summed E-state index contributed by atoms with van der Waals surface area (Å²) < 4.78 is 40.4. The number of aromatic nitrogens is 2. The molecule has 33 heavy (non-hydrogen) atoms. The van der Waals surface area contributed by atoms with Crippen molar-refractivity contribution in [3.8, 4) is 23.0 Å². The molecule has 0 N–H and O–H groups in total. The van der Waals surface area contributed by atoms with E-state index in [1.165, 1.54) is 0 Å². The number of ether oxygens (including phenoxy) is 2. The molecule has 1 amide bonds. The SMILES string of the molecule is O=C(CSc1nnc(-c2ccc3c(c2)OCO3)o1)N(Cc1ccccc1)C1CCS(=O)(=O)C1. The molecule has 2 aromatic carbocycles. The van der Waals surface area contributed by atoms with Gasteiger partial charge in [-0.05, 0) is 30.2 Å². The third kappa shape index (κ3) is 4.98. The van der Waals surface area contributed by atoms with Crippen LogP contribution >= 0.6 is 11.8 Å². The maximum Gasteiger partial charge on any atom is 0.277 e. The van der Waals surface area contributed by atoms with Crippen molar-refractivity contribution in [2.45, 2.75) is 24.2 Å². The van der Waals surface area contributed by atoms with Gasteiger partial charge in [0.15, 0.2) is 21.3 Å². The molecule has 0 aliphatic carbocycles. The van der Waals surface area contributed by atoms with Gasteiger partial charge in [-0.15, -0.1) is 10.2 Å². The summed E-state index contributed by atoms with van der Waals surface area (Å²) in [6.07, 6.45) is 0.445. The zero-order valence-electron chi connectivity index (χ0n) is 17.5. The minimum atomic E-state index is -3.13. The lowest BCUT2D eigenvalue weighted by Gasteiger charge is -2.28. The summed E-state index contributed by atoms with van der Waals surface area (Å²) in [5.74, 6) is 1.56. The summed E-state index contributed by atoms with van der Waals surface area (Å²) in [7, 11) is -3.13. The highest BCUT2D eigenvalue weighted by Crippen LogP contribution is 2.36. The number of nitrogens with zero attached hydrogens (tertiary/aromatic N) is 3. The van der Waals surface area contributed by atoms with Crippen LogP contribution in [0.2, 0.25) is 0 Å². The molecular weight excluding hydrogens is 466 g/mol. The van der Waals surface area contributed by atoms with Crippen molar-refractivity contribution < 1.29 is 27.1 Å². The molecule has 0 spiro atoms. The van der Waals surface area contributed by atoms with E-state index in [1.54, 1.807) is 23.1 Å². The molecule has 1 unspecified atom stereocenters. The van der Waals surface area contributed by atoms with E-state index in [2.05, 4.69) is 10.2 Å². The summed E-state index contributed by atoms with van der Waals surface area (Å²) in [5.41, 5.74) is 1.63. The van der Waals surface area contributed by atoms with Gasteiger partial charge in [0.1, 0.15) is 0 Å². The molecule has 1 atom stereocenters. The van der Waals surface area contributed by atoms with E-state index in [-0.39, 0.29) is 41.2 Å². The fraction of sp³-hybridized carbons (Fsp3) is 0.318. The minimum Gasteiger partial charge on any atom is -0.454 e.